The van der Waals surface area contributed by atoms with E-state index in [4.69, 9.17) is 9.47 Å². The van der Waals surface area contributed by atoms with Crippen molar-refractivity contribution < 1.29 is 14.3 Å². The molecule has 4 aromatic rings. The van der Waals surface area contributed by atoms with Crippen LogP contribution in [0.4, 0.5) is 0 Å². The molecule has 0 bridgehead atoms. The second-order valence-electron chi connectivity index (χ2n) is 7.73. The highest BCUT2D eigenvalue weighted by Crippen LogP contribution is 2.29. The van der Waals surface area contributed by atoms with E-state index in [1.807, 2.05) is 42.5 Å². The molecule has 1 aromatic heterocycles. The maximum atomic E-state index is 13.1. The van der Waals surface area contributed by atoms with Gasteiger partial charge in [0.05, 0.1) is 19.9 Å². The molecule has 0 saturated carbocycles. The van der Waals surface area contributed by atoms with Crippen LogP contribution < -0.4 is 14.8 Å². The highest BCUT2D eigenvalue weighted by molar-refractivity contribution is 5.96. The van der Waals surface area contributed by atoms with Crippen molar-refractivity contribution in [3.05, 3.63) is 83.7 Å². The largest absolute Gasteiger partial charge is 0.493 e. The Kier molecular flexibility index (Phi) is 7.17. The maximum Gasteiger partial charge on any atom is 0.251 e. The SMILES string of the molecule is CCc1ccccc1-c1cc(C(=O)NCCc2ccc(OC)c(OC)c2)cc(-n2cnnn2)c1. The quantitative estimate of drug-likeness (QED) is 0.410. The number of carbonyl (C=O) groups is 1. The summed E-state index contributed by atoms with van der Waals surface area (Å²) in [7, 11) is 3.21. The van der Waals surface area contributed by atoms with E-state index < -0.39 is 0 Å². The summed E-state index contributed by atoms with van der Waals surface area (Å²) in [6.45, 7) is 2.59. The van der Waals surface area contributed by atoms with Gasteiger partial charge in [-0.25, -0.2) is 4.68 Å². The van der Waals surface area contributed by atoms with Crippen LogP contribution in [0, 0.1) is 0 Å². The fourth-order valence-corrected chi connectivity index (χ4v) is 3.88. The van der Waals surface area contributed by atoms with Gasteiger partial charge in [-0.15, -0.1) is 5.10 Å². The number of nitrogens with one attached hydrogen (secondary N) is 1. The van der Waals surface area contributed by atoms with Crippen LogP contribution in [0.3, 0.4) is 0 Å². The number of aromatic nitrogens is 4. The third-order valence-corrected chi connectivity index (χ3v) is 5.65. The Balaban J connectivity index is 1.57. The molecule has 0 unspecified atom stereocenters. The van der Waals surface area contributed by atoms with Gasteiger partial charge in [0.2, 0.25) is 0 Å². The highest BCUT2D eigenvalue weighted by Gasteiger charge is 2.13. The molecule has 1 N–H and O–H groups in total. The van der Waals surface area contributed by atoms with Crippen molar-refractivity contribution in [3.8, 4) is 28.3 Å². The summed E-state index contributed by atoms with van der Waals surface area (Å²) >= 11 is 0. The van der Waals surface area contributed by atoms with Crippen molar-refractivity contribution in [2.75, 3.05) is 20.8 Å². The Labute approximate surface area is 198 Å². The van der Waals surface area contributed by atoms with Gasteiger partial charge < -0.3 is 14.8 Å². The van der Waals surface area contributed by atoms with Crippen LogP contribution in [0.2, 0.25) is 0 Å². The summed E-state index contributed by atoms with van der Waals surface area (Å²) in [5.74, 6) is 1.18. The predicted octanol–water partition coefficient (Wildman–Crippen LogP) is 3.88. The standard InChI is InChI=1S/C26H27N5O3/c1-4-19-7-5-6-8-23(19)20-14-21(16-22(15-20)31-17-28-29-30-31)26(32)27-12-11-18-9-10-24(33-2)25(13-18)34-3/h5-10,13-17H,4,11-12H2,1-3H3,(H,27,32). The van der Waals surface area contributed by atoms with Crippen molar-refractivity contribution >= 4 is 5.91 Å². The Bertz CT molecular complexity index is 1270. The molecule has 0 spiro atoms. The van der Waals surface area contributed by atoms with Crippen molar-refractivity contribution in [3.63, 3.8) is 0 Å². The number of hydrogen-bond acceptors (Lipinski definition) is 6. The van der Waals surface area contributed by atoms with E-state index in [9.17, 15) is 4.79 Å². The summed E-state index contributed by atoms with van der Waals surface area (Å²) in [5.41, 5.74) is 5.53. The van der Waals surface area contributed by atoms with Crippen LogP contribution in [-0.2, 0) is 12.8 Å². The highest BCUT2D eigenvalue weighted by atomic mass is 16.5. The first-order valence-electron chi connectivity index (χ1n) is 11.1. The lowest BCUT2D eigenvalue weighted by Gasteiger charge is -2.13. The van der Waals surface area contributed by atoms with Crippen LogP contribution in [-0.4, -0.2) is 46.9 Å². The van der Waals surface area contributed by atoms with Crippen molar-refractivity contribution in [1.29, 1.82) is 0 Å². The fraction of sp³-hybridized carbons (Fsp3) is 0.231. The van der Waals surface area contributed by atoms with Crippen molar-refractivity contribution in [2.45, 2.75) is 19.8 Å². The smallest absolute Gasteiger partial charge is 0.251 e. The number of tetrazole rings is 1. The second kappa shape index (κ2) is 10.6. The zero-order valence-electron chi connectivity index (χ0n) is 19.5. The second-order valence-corrected chi connectivity index (χ2v) is 7.73. The number of hydrogen-bond donors (Lipinski definition) is 1. The van der Waals surface area contributed by atoms with Gasteiger partial charge in [0.1, 0.15) is 6.33 Å². The maximum absolute atomic E-state index is 13.1. The topological polar surface area (TPSA) is 91.2 Å². The van der Waals surface area contributed by atoms with Crippen LogP contribution in [0.15, 0.2) is 67.0 Å². The van der Waals surface area contributed by atoms with Gasteiger partial charge in [0.15, 0.2) is 11.5 Å². The molecule has 0 aliphatic rings. The third kappa shape index (κ3) is 5.06. The lowest BCUT2D eigenvalue weighted by molar-refractivity contribution is 0.0954. The molecule has 0 saturated heterocycles. The number of ether oxygens (including phenoxy) is 2. The van der Waals surface area contributed by atoms with E-state index in [0.29, 0.717) is 30.0 Å². The molecule has 1 heterocycles. The van der Waals surface area contributed by atoms with Gasteiger partial charge >= 0.3 is 0 Å². The van der Waals surface area contributed by atoms with Crippen LogP contribution in [0.25, 0.3) is 16.8 Å². The van der Waals surface area contributed by atoms with Gasteiger partial charge in [0, 0.05) is 12.1 Å². The molecule has 0 fully saturated rings. The first-order valence-corrected chi connectivity index (χ1v) is 11.1. The lowest BCUT2D eigenvalue weighted by atomic mass is 9.96. The minimum atomic E-state index is -0.161. The first-order chi connectivity index (χ1) is 16.6. The number of methoxy groups -OCH3 is 2. The Morgan fingerprint density at radius 3 is 2.56 bits per heavy atom. The average molecular weight is 458 g/mol. The molecule has 0 radical (unpaired) electrons. The number of amides is 1. The van der Waals surface area contributed by atoms with Crippen molar-refractivity contribution in [2.24, 2.45) is 0 Å². The van der Waals surface area contributed by atoms with E-state index in [1.54, 1.807) is 25.0 Å². The Hall–Kier alpha value is -4.20. The molecule has 34 heavy (non-hydrogen) atoms. The summed E-state index contributed by atoms with van der Waals surface area (Å²) in [4.78, 5) is 13.1. The van der Waals surface area contributed by atoms with Gasteiger partial charge in [-0.3, -0.25) is 4.79 Å². The summed E-state index contributed by atoms with van der Waals surface area (Å²) in [6.07, 6.45) is 3.06. The fourth-order valence-electron chi connectivity index (χ4n) is 3.88. The summed E-state index contributed by atoms with van der Waals surface area (Å²) in [5, 5.41) is 14.5. The molecule has 3 aromatic carbocycles. The number of benzene rings is 3. The van der Waals surface area contributed by atoms with Gasteiger partial charge in [-0.1, -0.05) is 37.3 Å². The van der Waals surface area contributed by atoms with E-state index in [-0.39, 0.29) is 5.91 Å². The minimum absolute atomic E-state index is 0.161. The number of aryl methyl sites for hydroxylation is 1. The van der Waals surface area contributed by atoms with Crippen LogP contribution in [0.1, 0.15) is 28.4 Å². The summed E-state index contributed by atoms with van der Waals surface area (Å²) < 4.78 is 12.2. The average Bonchev–Trinajstić information content (AvgIpc) is 3.43. The van der Waals surface area contributed by atoms with Crippen LogP contribution >= 0.6 is 0 Å². The minimum Gasteiger partial charge on any atom is -0.493 e. The molecule has 0 aliphatic carbocycles. The molecule has 1 amide bonds. The number of rotatable bonds is 9. The third-order valence-electron chi connectivity index (χ3n) is 5.65. The first kappa shape index (κ1) is 23.0. The van der Waals surface area contributed by atoms with Gasteiger partial charge in [-0.2, -0.15) is 0 Å². The summed E-state index contributed by atoms with van der Waals surface area (Å²) in [6, 6.07) is 19.6. The Morgan fingerprint density at radius 2 is 1.82 bits per heavy atom. The number of nitrogens with zero attached hydrogens (tertiary/aromatic N) is 4. The van der Waals surface area contributed by atoms with E-state index in [2.05, 4.69) is 39.9 Å². The molecule has 0 aliphatic heterocycles. The van der Waals surface area contributed by atoms with Crippen molar-refractivity contribution in [1.82, 2.24) is 25.5 Å². The van der Waals surface area contributed by atoms with Gasteiger partial charge in [-0.05, 0) is 75.9 Å². The van der Waals surface area contributed by atoms with E-state index in [0.717, 1.165) is 28.8 Å². The molecule has 8 nitrogen and oxygen atoms in total. The van der Waals surface area contributed by atoms with Gasteiger partial charge in [0.25, 0.3) is 5.91 Å². The van der Waals surface area contributed by atoms with Crippen LogP contribution in [0.5, 0.6) is 11.5 Å². The van der Waals surface area contributed by atoms with E-state index in [1.165, 1.54) is 11.9 Å². The zero-order valence-corrected chi connectivity index (χ0v) is 19.5. The molecule has 8 heteroatoms. The molecular weight excluding hydrogens is 430 g/mol. The normalized spacial score (nSPS) is 10.7. The Morgan fingerprint density at radius 1 is 1.00 bits per heavy atom. The molecule has 4 rings (SSSR count). The monoisotopic (exact) mass is 457 g/mol. The predicted molar refractivity (Wildman–Crippen MR) is 130 cm³/mol. The number of carbonyl (C=O) groups excluding carboxylic acids is 1. The van der Waals surface area contributed by atoms with E-state index >= 15 is 0 Å². The molecule has 174 valence electrons. The molecular formula is C26H27N5O3. The zero-order chi connectivity index (χ0) is 23.9. The molecule has 0 atom stereocenters. The lowest BCUT2D eigenvalue weighted by Crippen LogP contribution is -2.26.